The van der Waals surface area contributed by atoms with Crippen molar-refractivity contribution >= 4 is 29.9 Å². The first kappa shape index (κ1) is 18.3. The van der Waals surface area contributed by atoms with Crippen molar-refractivity contribution in [3.8, 4) is 0 Å². The van der Waals surface area contributed by atoms with Crippen LogP contribution in [-0.2, 0) is 13.6 Å². The second-order valence-electron chi connectivity index (χ2n) is 5.97. The normalized spacial score (nSPS) is 22.9. The third-order valence-electron chi connectivity index (χ3n) is 3.82. The lowest BCUT2D eigenvalue weighted by atomic mass is 9.92. The number of nitrogens with zero attached hydrogens (tertiary/aromatic N) is 4. The van der Waals surface area contributed by atoms with Gasteiger partial charge in [0, 0.05) is 32.9 Å². The lowest BCUT2D eigenvalue weighted by Crippen LogP contribution is -2.48. The Kier molecular flexibility index (Phi) is 7.48. The Bertz CT molecular complexity index is 447. The van der Waals surface area contributed by atoms with E-state index >= 15 is 0 Å². The molecule has 0 saturated carbocycles. The molecule has 0 spiro atoms. The monoisotopic (exact) mass is 405 g/mol. The number of aliphatic imine (C=N–C) groups is 1. The zero-order valence-corrected chi connectivity index (χ0v) is 15.9. The SMILES string of the molecule is CCNC(=NCc1ccnn1C)N1CC(C)CC(C)C1.I. The van der Waals surface area contributed by atoms with Crippen molar-refractivity contribution < 1.29 is 0 Å². The van der Waals surface area contributed by atoms with Gasteiger partial charge in [-0.2, -0.15) is 5.10 Å². The minimum atomic E-state index is 0. The van der Waals surface area contributed by atoms with Gasteiger partial charge in [-0.15, -0.1) is 24.0 Å². The molecule has 1 aromatic heterocycles. The zero-order chi connectivity index (χ0) is 14.5. The molecule has 0 aliphatic carbocycles. The number of hydrogen-bond acceptors (Lipinski definition) is 2. The number of likely N-dealkylation sites (tertiary alicyclic amines) is 1. The molecule has 0 bridgehead atoms. The van der Waals surface area contributed by atoms with Gasteiger partial charge in [0.25, 0.3) is 0 Å². The number of guanidine groups is 1. The Morgan fingerprint density at radius 2 is 2.05 bits per heavy atom. The van der Waals surface area contributed by atoms with Crippen LogP contribution in [0.1, 0.15) is 32.9 Å². The van der Waals surface area contributed by atoms with Gasteiger partial charge in [0.1, 0.15) is 0 Å². The number of nitrogens with one attached hydrogen (secondary N) is 1. The van der Waals surface area contributed by atoms with Crippen molar-refractivity contribution in [2.75, 3.05) is 19.6 Å². The zero-order valence-electron chi connectivity index (χ0n) is 13.5. The molecule has 6 heteroatoms. The van der Waals surface area contributed by atoms with Crippen LogP contribution >= 0.6 is 24.0 Å². The molecule has 2 atom stereocenters. The summed E-state index contributed by atoms with van der Waals surface area (Å²) in [5.41, 5.74) is 1.14. The fourth-order valence-corrected chi connectivity index (χ4v) is 2.97. The Morgan fingerprint density at radius 3 is 2.57 bits per heavy atom. The Labute approximate surface area is 145 Å². The van der Waals surface area contributed by atoms with E-state index in [-0.39, 0.29) is 24.0 Å². The van der Waals surface area contributed by atoms with Crippen LogP contribution in [0.4, 0.5) is 0 Å². The third kappa shape index (κ3) is 5.16. The van der Waals surface area contributed by atoms with E-state index in [1.54, 1.807) is 0 Å². The van der Waals surface area contributed by atoms with Crippen molar-refractivity contribution in [3.63, 3.8) is 0 Å². The molecule has 1 N–H and O–H groups in total. The Hall–Kier alpha value is -0.790. The molecule has 21 heavy (non-hydrogen) atoms. The predicted molar refractivity (Wildman–Crippen MR) is 98.0 cm³/mol. The molecule has 2 rings (SSSR count). The molecule has 2 unspecified atom stereocenters. The fourth-order valence-electron chi connectivity index (χ4n) is 2.97. The molecule has 0 aromatic carbocycles. The summed E-state index contributed by atoms with van der Waals surface area (Å²) < 4.78 is 1.88. The molecule has 120 valence electrons. The quantitative estimate of drug-likeness (QED) is 0.478. The van der Waals surface area contributed by atoms with Crippen LogP contribution in [0.25, 0.3) is 0 Å². The summed E-state index contributed by atoms with van der Waals surface area (Å²) >= 11 is 0. The molecule has 5 nitrogen and oxygen atoms in total. The van der Waals surface area contributed by atoms with E-state index in [1.807, 2.05) is 24.0 Å². The molecule has 1 aliphatic rings. The number of aromatic nitrogens is 2. The van der Waals surface area contributed by atoms with E-state index < -0.39 is 0 Å². The average Bonchev–Trinajstić information content (AvgIpc) is 2.79. The van der Waals surface area contributed by atoms with Gasteiger partial charge in [-0.3, -0.25) is 4.68 Å². The minimum Gasteiger partial charge on any atom is -0.357 e. The molecule has 0 radical (unpaired) electrons. The maximum atomic E-state index is 4.78. The summed E-state index contributed by atoms with van der Waals surface area (Å²) in [5, 5.41) is 7.61. The average molecular weight is 405 g/mol. The van der Waals surface area contributed by atoms with Gasteiger partial charge >= 0.3 is 0 Å². The maximum absolute atomic E-state index is 4.78. The molecular formula is C15H28IN5. The van der Waals surface area contributed by atoms with Gasteiger partial charge in [-0.25, -0.2) is 4.99 Å². The first-order valence-corrected chi connectivity index (χ1v) is 7.60. The standard InChI is InChI=1S/C15H27N5.HI/c1-5-16-15(17-9-14-6-7-18-19(14)4)20-10-12(2)8-13(3)11-20;/h6-7,12-13H,5,8-11H2,1-4H3,(H,16,17);1H. The van der Waals surface area contributed by atoms with Gasteiger partial charge in [0.15, 0.2) is 5.96 Å². The lowest BCUT2D eigenvalue weighted by molar-refractivity contribution is 0.208. The summed E-state index contributed by atoms with van der Waals surface area (Å²) in [6.45, 7) is 10.6. The van der Waals surface area contributed by atoms with E-state index in [0.29, 0.717) is 6.54 Å². The van der Waals surface area contributed by atoms with Crippen LogP contribution in [-0.4, -0.2) is 40.3 Å². The smallest absolute Gasteiger partial charge is 0.194 e. The van der Waals surface area contributed by atoms with Gasteiger partial charge in [0.2, 0.25) is 0 Å². The lowest BCUT2D eigenvalue weighted by Gasteiger charge is -2.37. The van der Waals surface area contributed by atoms with Crippen molar-refractivity contribution in [3.05, 3.63) is 18.0 Å². The van der Waals surface area contributed by atoms with E-state index in [4.69, 9.17) is 4.99 Å². The van der Waals surface area contributed by atoms with Crippen molar-refractivity contribution in [2.24, 2.45) is 23.9 Å². The van der Waals surface area contributed by atoms with Crippen molar-refractivity contribution in [2.45, 2.75) is 33.7 Å². The maximum Gasteiger partial charge on any atom is 0.194 e. The summed E-state index contributed by atoms with van der Waals surface area (Å²) in [5.74, 6) is 2.51. The van der Waals surface area contributed by atoms with E-state index in [1.165, 1.54) is 6.42 Å². The van der Waals surface area contributed by atoms with Crippen LogP contribution in [0.15, 0.2) is 17.3 Å². The highest BCUT2D eigenvalue weighted by Gasteiger charge is 2.23. The minimum absolute atomic E-state index is 0. The van der Waals surface area contributed by atoms with Gasteiger partial charge < -0.3 is 10.2 Å². The number of halogens is 1. The number of rotatable bonds is 3. The summed E-state index contributed by atoms with van der Waals surface area (Å²) in [4.78, 5) is 7.18. The molecule has 1 aromatic rings. The van der Waals surface area contributed by atoms with E-state index in [0.717, 1.165) is 43.1 Å². The first-order chi connectivity index (χ1) is 9.60. The summed E-state index contributed by atoms with van der Waals surface area (Å²) in [6.07, 6.45) is 3.14. The molecular weight excluding hydrogens is 377 g/mol. The topological polar surface area (TPSA) is 45.5 Å². The summed E-state index contributed by atoms with van der Waals surface area (Å²) in [7, 11) is 1.96. The first-order valence-electron chi connectivity index (χ1n) is 7.60. The van der Waals surface area contributed by atoms with Crippen molar-refractivity contribution in [1.29, 1.82) is 0 Å². The second-order valence-corrected chi connectivity index (χ2v) is 5.97. The number of piperidine rings is 1. The Morgan fingerprint density at radius 1 is 1.38 bits per heavy atom. The van der Waals surface area contributed by atoms with Gasteiger partial charge in [-0.05, 0) is 31.2 Å². The van der Waals surface area contributed by atoms with Crippen molar-refractivity contribution in [1.82, 2.24) is 20.0 Å². The molecule has 1 aliphatic heterocycles. The highest BCUT2D eigenvalue weighted by atomic mass is 127. The Balaban J connectivity index is 0.00000220. The molecule has 1 fully saturated rings. The molecule has 1 saturated heterocycles. The van der Waals surface area contributed by atoms with Crippen LogP contribution < -0.4 is 5.32 Å². The second kappa shape index (κ2) is 8.60. The van der Waals surface area contributed by atoms with Crippen LogP contribution in [0.5, 0.6) is 0 Å². The van der Waals surface area contributed by atoms with Gasteiger partial charge in [0.05, 0.1) is 12.2 Å². The van der Waals surface area contributed by atoms with Crippen LogP contribution in [0, 0.1) is 11.8 Å². The highest BCUT2D eigenvalue weighted by molar-refractivity contribution is 14.0. The van der Waals surface area contributed by atoms with Gasteiger partial charge in [-0.1, -0.05) is 13.8 Å². The predicted octanol–water partition coefficient (Wildman–Crippen LogP) is 2.48. The molecule has 2 heterocycles. The third-order valence-corrected chi connectivity index (χ3v) is 3.82. The highest BCUT2D eigenvalue weighted by Crippen LogP contribution is 2.21. The largest absolute Gasteiger partial charge is 0.357 e. The summed E-state index contributed by atoms with van der Waals surface area (Å²) in [6, 6.07) is 2.02. The van der Waals surface area contributed by atoms with Crippen LogP contribution in [0.3, 0.4) is 0 Å². The number of hydrogen-bond donors (Lipinski definition) is 1. The number of aryl methyl sites for hydroxylation is 1. The van der Waals surface area contributed by atoms with E-state index in [2.05, 4.69) is 36.1 Å². The van der Waals surface area contributed by atoms with E-state index in [9.17, 15) is 0 Å². The fraction of sp³-hybridized carbons (Fsp3) is 0.733. The van der Waals surface area contributed by atoms with Crippen LogP contribution in [0.2, 0.25) is 0 Å². The molecule has 0 amide bonds.